The molecule has 0 aliphatic rings. The van der Waals surface area contributed by atoms with Gasteiger partial charge in [0.1, 0.15) is 11.5 Å². The number of aromatic nitrogens is 3. The Bertz CT molecular complexity index is 1470. The summed E-state index contributed by atoms with van der Waals surface area (Å²) in [5, 5.41) is 4.12. The molecule has 33 heavy (non-hydrogen) atoms. The van der Waals surface area contributed by atoms with E-state index in [-0.39, 0.29) is 5.91 Å². The van der Waals surface area contributed by atoms with Crippen LogP contribution in [-0.4, -0.2) is 35.1 Å². The Balaban J connectivity index is 1.43. The van der Waals surface area contributed by atoms with Crippen molar-refractivity contribution < 1.29 is 19.0 Å². The molecule has 0 unspecified atom stereocenters. The van der Waals surface area contributed by atoms with E-state index in [2.05, 4.69) is 20.3 Å². The second-order valence-electron chi connectivity index (χ2n) is 6.98. The van der Waals surface area contributed by atoms with Gasteiger partial charge < -0.3 is 14.2 Å². The molecular weight excluding hydrogens is 440 g/mol. The van der Waals surface area contributed by atoms with Gasteiger partial charge in [0.05, 0.1) is 35.5 Å². The third kappa shape index (κ3) is 4.13. The number of thiazole rings is 1. The van der Waals surface area contributed by atoms with E-state index in [9.17, 15) is 4.79 Å². The first-order valence-corrected chi connectivity index (χ1v) is 10.8. The zero-order valence-electron chi connectivity index (χ0n) is 17.7. The zero-order chi connectivity index (χ0) is 22.8. The minimum atomic E-state index is -0.258. The average molecular weight is 458 g/mol. The van der Waals surface area contributed by atoms with Crippen LogP contribution >= 0.6 is 11.3 Å². The monoisotopic (exact) mass is 458 g/mol. The van der Waals surface area contributed by atoms with Gasteiger partial charge in [0.15, 0.2) is 16.6 Å². The number of carbonyl (C=O) groups excluding carboxylic acids is 1. The highest BCUT2D eigenvalue weighted by Gasteiger charge is 2.13. The van der Waals surface area contributed by atoms with E-state index in [4.69, 9.17) is 14.2 Å². The van der Waals surface area contributed by atoms with Gasteiger partial charge in [-0.1, -0.05) is 11.3 Å². The number of pyridine rings is 2. The number of fused-ring (bicyclic) bond motifs is 2. The van der Waals surface area contributed by atoms with Crippen molar-refractivity contribution in [1.82, 2.24) is 15.0 Å². The standard InChI is InChI=1S/C24H18N4O4S/c1-30-20-11-16-18(12-21(20)31-2)26-9-7-19(16)32-15-5-6-17-22(10-15)33-24(27-17)28-23(29)14-4-3-8-25-13-14/h3-13H,1-2H3,(H,27,28,29). The molecule has 3 heterocycles. The van der Waals surface area contributed by atoms with Crippen molar-refractivity contribution in [1.29, 1.82) is 0 Å². The molecule has 1 N–H and O–H groups in total. The summed E-state index contributed by atoms with van der Waals surface area (Å²) in [4.78, 5) is 25.3. The maximum Gasteiger partial charge on any atom is 0.259 e. The lowest BCUT2D eigenvalue weighted by Crippen LogP contribution is -2.11. The minimum absolute atomic E-state index is 0.258. The summed E-state index contributed by atoms with van der Waals surface area (Å²) in [5.74, 6) is 2.20. The van der Waals surface area contributed by atoms with Crippen molar-refractivity contribution in [2.45, 2.75) is 0 Å². The first-order chi connectivity index (χ1) is 16.1. The summed E-state index contributed by atoms with van der Waals surface area (Å²) >= 11 is 1.37. The van der Waals surface area contributed by atoms with Crippen LogP contribution in [0.5, 0.6) is 23.0 Å². The highest BCUT2D eigenvalue weighted by molar-refractivity contribution is 7.22. The highest BCUT2D eigenvalue weighted by Crippen LogP contribution is 2.38. The number of ether oxygens (including phenoxy) is 3. The molecule has 5 aromatic rings. The Morgan fingerprint density at radius 1 is 0.939 bits per heavy atom. The Morgan fingerprint density at radius 2 is 1.79 bits per heavy atom. The number of hydrogen-bond acceptors (Lipinski definition) is 8. The molecule has 164 valence electrons. The van der Waals surface area contributed by atoms with Crippen LogP contribution in [0.4, 0.5) is 5.13 Å². The number of nitrogens with zero attached hydrogens (tertiary/aromatic N) is 3. The van der Waals surface area contributed by atoms with E-state index in [0.717, 1.165) is 21.1 Å². The van der Waals surface area contributed by atoms with Gasteiger partial charge in [-0.05, 0) is 36.4 Å². The molecule has 5 rings (SSSR count). The van der Waals surface area contributed by atoms with Gasteiger partial charge in [-0.25, -0.2) is 4.98 Å². The maximum absolute atomic E-state index is 12.4. The molecule has 0 saturated carbocycles. The number of carbonyl (C=O) groups is 1. The summed E-state index contributed by atoms with van der Waals surface area (Å²) in [6.45, 7) is 0. The van der Waals surface area contributed by atoms with Crippen LogP contribution in [0, 0.1) is 0 Å². The van der Waals surface area contributed by atoms with Gasteiger partial charge in [0.2, 0.25) is 0 Å². The quantitative estimate of drug-likeness (QED) is 0.369. The number of benzene rings is 2. The minimum Gasteiger partial charge on any atom is -0.493 e. The molecule has 0 fully saturated rings. The first kappa shape index (κ1) is 20.7. The van der Waals surface area contributed by atoms with E-state index in [0.29, 0.717) is 33.7 Å². The fraction of sp³-hybridized carbons (Fsp3) is 0.0833. The Labute approximate surface area is 192 Å². The van der Waals surface area contributed by atoms with Gasteiger partial charge in [0, 0.05) is 36.1 Å². The van der Waals surface area contributed by atoms with E-state index in [1.165, 1.54) is 17.5 Å². The lowest BCUT2D eigenvalue weighted by Gasteiger charge is -2.12. The molecule has 0 aliphatic heterocycles. The smallest absolute Gasteiger partial charge is 0.259 e. The number of anilines is 1. The predicted molar refractivity (Wildman–Crippen MR) is 127 cm³/mol. The normalized spacial score (nSPS) is 10.8. The zero-order valence-corrected chi connectivity index (χ0v) is 18.6. The third-order valence-electron chi connectivity index (χ3n) is 4.94. The van der Waals surface area contributed by atoms with Gasteiger partial charge in [-0.15, -0.1) is 0 Å². The van der Waals surface area contributed by atoms with Crippen LogP contribution in [-0.2, 0) is 0 Å². The molecule has 0 bridgehead atoms. The second-order valence-corrected chi connectivity index (χ2v) is 8.01. The van der Waals surface area contributed by atoms with Crippen LogP contribution in [0.1, 0.15) is 10.4 Å². The largest absolute Gasteiger partial charge is 0.493 e. The van der Waals surface area contributed by atoms with E-state index < -0.39 is 0 Å². The molecule has 8 nitrogen and oxygen atoms in total. The fourth-order valence-electron chi connectivity index (χ4n) is 3.35. The highest BCUT2D eigenvalue weighted by atomic mass is 32.1. The fourth-order valence-corrected chi connectivity index (χ4v) is 4.24. The topological polar surface area (TPSA) is 95.5 Å². The summed E-state index contributed by atoms with van der Waals surface area (Å²) in [5.41, 5.74) is 1.96. The molecule has 2 aromatic carbocycles. The van der Waals surface area contributed by atoms with Gasteiger partial charge >= 0.3 is 0 Å². The SMILES string of the molecule is COc1cc2nccc(Oc3ccc4nc(NC(=O)c5cccnc5)sc4c3)c2cc1OC. The van der Waals surface area contributed by atoms with Gasteiger partial charge in [-0.2, -0.15) is 0 Å². The first-order valence-electron chi connectivity index (χ1n) is 9.95. The van der Waals surface area contributed by atoms with Crippen LogP contribution in [0.15, 0.2) is 67.1 Å². The van der Waals surface area contributed by atoms with E-state index >= 15 is 0 Å². The Kier molecular flexibility index (Phi) is 5.45. The third-order valence-corrected chi connectivity index (χ3v) is 5.87. The second kappa shape index (κ2) is 8.71. The van der Waals surface area contributed by atoms with Crippen molar-refractivity contribution in [3.05, 3.63) is 72.7 Å². The maximum atomic E-state index is 12.4. The van der Waals surface area contributed by atoms with Gasteiger partial charge in [-0.3, -0.25) is 20.1 Å². The summed E-state index contributed by atoms with van der Waals surface area (Å²) in [7, 11) is 3.17. The van der Waals surface area contributed by atoms with Crippen molar-refractivity contribution in [2.24, 2.45) is 0 Å². The van der Waals surface area contributed by atoms with Crippen molar-refractivity contribution in [3.63, 3.8) is 0 Å². The van der Waals surface area contributed by atoms with E-state index in [1.54, 1.807) is 44.8 Å². The van der Waals surface area contributed by atoms with Crippen molar-refractivity contribution in [2.75, 3.05) is 19.5 Å². The Morgan fingerprint density at radius 3 is 2.58 bits per heavy atom. The van der Waals surface area contributed by atoms with Crippen LogP contribution in [0.25, 0.3) is 21.1 Å². The van der Waals surface area contributed by atoms with E-state index in [1.807, 2.05) is 30.3 Å². The number of hydrogen-bond donors (Lipinski definition) is 1. The van der Waals surface area contributed by atoms with Crippen molar-refractivity contribution in [3.8, 4) is 23.0 Å². The molecule has 0 radical (unpaired) electrons. The number of rotatable bonds is 6. The molecule has 0 atom stereocenters. The summed E-state index contributed by atoms with van der Waals surface area (Å²) in [6, 6.07) is 14.4. The molecule has 0 aliphatic carbocycles. The molecule has 1 amide bonds. The molecular formula is C24H18N4O4S. The molecule has 3 aromatic heterocycles. The molecule has 0 saturated heterocycles. The lowest BCUT2D eigenvalue weighted by molar-refractivity contribution is 0.102. The number of methoxy groups -OCH3 is 2. The van der Waals surface area contributed by atoms with Crippen LogP contribution in [0.3, 0.4) is 0 Å². The lowest BCUT2D eigenvalue weighted by atomic mass is 10.2. The predicted octanol–water partition coefficient (Wildman–Crippen LogP) is 5.30. The number of nitrogens with one attached hydrogen (secondary N) is 1. The average Bonchev–Trinajstić information content (AvgIpc) is 3.25. The van der Waals surface area contributed by atoms with Crippen LogP contribution < -0.4 is 19.5 Å². The van der Waals surface area contributed by atoms with Crippen LogP contribution in [0.2, 0.25) is 0 Å². The van der Waals surface area contributed by atoms with Gasteiger partial charge in [0.25, 0.3) is 5.91 Å². The molecule has 0 spiro atoms. The van der Waals surface area contributed by atoms with Crippen molar-refractivity contribution >= 4 is 43.5 Å². The Hall–Kier alpha value is -4.24. The summed E-state index contributed by atoms with van der Waals surface area (Å²) < 4.78 is 17.8. The number of amides is 1. The summed E-state index contributed by atoms with van der Waals surface area (Å²) in [6.07, 6.45) is 4.81. The molecule has 9 heteroatoms.